The van der Waals surface area contributed by atoms with Gasteiger partial charge in [-0.2, -0.15) is 0 Å². The molecule has 0 atom stereocenters. The Morgan fingerprint density at radius 1 is 1.12 bits per heavy atom. The normalized spacial score (nSPS) is 17.8. The molecule has 132 valence electrons. The van der Waals surface area contributed by atoms with Crippen LogP contribution >= 0.6 is 0 Å². The van der Waals surface area contributed by atoms with Gasteiger partial charge in [0.05, 0.1) is 29.6 Å². The first kappa shape index (κ1) is 15.5. The summed E-state index contributed by atoms with van der Waals surface area (Å²) in [6, 6.07) is 4.07. The van der Waals surface area contributed by atoms with Gasteiger partial charge in [0.25, 0.3) is 0 Å². The molecule has 0 bridgehead atoms. The number of rotatable bonds is 3. The highest BCUT2D eigenvalue weighted by Gasteiger charge is 2.31. The molecule has 0 aliphatic carbocycles. The zero-order valence-corrected chi connectivity index (χ0v) is 14.3. The highest BCUT2D eigenvalue weighted by atomic mass is 16.5. The fraction of sp³-hybridized carbons (Fsp3) is 0.368. The molecule has 0 unspecified atom stereocenters. The van der Waals surface area contributed by atoms with Crippen molar-refractivity contribution in [3.05, 3.63) is 36.5 Å². The van der Waals surface area contributed by atoms with E-state index in [1.54, 1.807) is 12.5 Å². The second-order valence-electron chi connectivity index (χ2n) is 6.92. The number of hydrogen-bond acceptors (Lipinski definition) is 5. The van der Waals surface area contributed by atoms with Crippen molar-refractivity contribution in [1.29, 1.82) is 0 Å². The van der Waals surface area contributed by atoms with Gasteiger partial charge in [-0.3, -0.25) is 9.78 Å². The number of anilines is 1. The summed E-state index contributed by atoms with van der Waals surface area (Å²) in [7, 11) is 0. The third-order valence-corrected chi connectivity index (χ3v) is 5.25. The first-order valence-electron chi connectivity index (χ1n) is 8.94. The number of nitrogens with zero attached hydrogens (tertiary/aromatic N) is 4. The molecule has 1 N–H and O–H groups in total. The number of fused-ring (bicyclic) bond motifs is 2. The standard InChI is InChI=1S/C19H19N5O2/c25-18-7-15-17(24(18)10-12-1-3-26-4-2-12)6-14(8-20-15)13-5-16-19(21-9-13)23-11-22-16/h5-6,8-9,11-12H,1-4,7,10H2,(H,21,22,23). The lowest BCUT2D eigenvalue weighted by molar-refractivity contribution is -0.117. The summed E-state index contributed by atoms with van der Waals surface area (Å²) in [5.74, 6) is 0.628. The number of pyridine rings is 2. The van der Waals surface area contributed by atoms with E-state index in [0.29, 0.717) is 18.0 Å². The third-order valence-electron chi connectivity index (χ3n) is 5.25. The summed E-state index contributed by atoms with van der Waals surface area (Å²) in [6.45, 7) is 2.32. The summed E-state index contributed by atoms with van der Waals surface area (Å²) >= 11 is 0. The molecule has 0 spiro atoms. The van der Waals surface area contributed by atoms with E-state index in [0.717, 1.165) is 60.6 Å². The number of hydrogen-bond donors (Lipinski definition) is 1. The number of carbonyl (C=O) groups excluding carboxylic acids is 1. The number of amides is 1. The highest BCUT2D eigenvalue weighted by Crippen LogP contribution is 2.33. The minimum absolute atomic E-state index is 0.137. The van der Waals surface area contributed by atoms with E-state index in [-0.39, 0.29) is 5.91 Å². The van der Waals surface area contributed by atoms with Crippen molar-refractivity contribution >= 4 is 22.8 Å². The van der Waals surface area contributed by atoms with Gasteiger partial charge in [0, 0.05) is 43.3 Å². The number of aromatic nitrogens is 4. The lowest BCUT2D eigenvalue weighted by Gasteiger charge is -2.27. The first-order valence-corrected chi connectivity index (χ1v) is 8.94. The molecular weight excluding hydrogens is 330 g/mol. The molecule has 0 aromatic carbocycles. The zero-order chi connectivity index (χ0) is 17.5. The molecule has 26 heavy (non-hydrogen) atoms. The Bertz CT molecular complexity index is 977. The maximum atomic E-state index is 12.5. The molecule has 5 heterocycles. The SMILES string of the molecule is O=C1Cc2ncc(-c3cnc4nc[nH]c4c3)cc2N1CC1CCOCC1. The Labute approximate surface area is 150 Å². The second kappa shape index (κ2) is 6.17. The lowest BCUT2D eigenvalue weighted by Crippen LogP contribution is -2.34. The Hall–Kier alpha value is -2.80. The third kappa shape index (κ3) is 2.64. The number of aromatic amines is 1. The van der Waals surface area contributed by atoms with Crippen LogP contribution in [0, 0.1) is 5.92 Å². The Morgan fingerprint density at radius 2 is 1.92 bits per heavy atom. The number of H-pyrrole nitrogens is 1. The summed E-state index contributed by atoms with van der Waals surface area (Å²) in [6.07, 6.45) is 7.65. The Balaban J connectivity index is 1.48. The predicted molar refractivity (Wildman–Crippen MR) is 96.7 cm³/mol. The van der Waals surface area contributed by atoms with E-state index in [9.17, 15) is 4.79 Å². The smallest absolute Gasteiger partial charge is 0.233 e. The van der Waals surface area contributed by atoms with Crippen LogP contribution in [0.5, 0.6) is 0 Å². The number of ether oxygens (including phenoxy) is 1. The monoisotopic (exact) mass is 349 g/mol. The topological polar surface area (TPSA) is 84.0 Å². The maximum Gasteiger partial charge on any atom is 0.233 e. The van der Waals surface area contributed by atoms with Gasteiger partial charge in [-0.05, 0) is 30.9 Å². The Morgan fingerprint density at radius 3 is 2.81 bits per heavy atom. The van der Waals surface area contributed by atoms with Crippen molar-refractivity contribution in [3.63, 3.8) is 0 Å². The fourth-order valence-electron chi connectivity index (χ4n) is 3.76. The van der Waals surface area contributed by atoms with Crippen LogP contribution in [0.2, 0.25) is 0 Å². The quantitative estimate of drug-likeness (QED) is 0.784. The minimum Gasteiger partial charge on any atom is -0.381 e. The number of carbonyl (C=O) groups is 1. The van der Waals surface area contributed by atoms with Crippen LogP contribution in [0.3, 0.4) is 0 Å². The van der Waals surface area contributed by atoms with E-state index in [1.165, 1.54) is 0 Å². The average Bonchev–Trinajstić information content (AvgIpc) is 3.26. The molecule has 7 nitrogen and oxygen atoms in total. The van der Waals surface area contributed by atoms with Crippen LogP contribution in [0.4, 0.5) is 5.69 Å². The zero-order valence-electron chi connectivity index (χ0n) is 14.3. The van der Waals surface area contributed by atoms with E-state index in [1.807, 2.05) is 17.2 Å². The molecule has 1 saturated heterocycles. The largest absolute Gasteiger partial charge is 0.381 e. The van der Waals surface area contributed by atoms with Crippen LogP contribution in [0.15, 0.2) is 30.9 Å². The van der Waals surface area contributed by atoms with E-state index in [2.05, 4.69) is 26.0 Å². The second-order valence-corrected chi connectivity index (χ2v) is 6.92. The lowest BCUT2D eigenvalue weighted by atomic mass is 9.99. The number of nitrogens with one attached hydrogen (secondary N) is 1. The van der Waals surface area contributed by atoms with Gasteiger partial charge in [0.1, 0.15) is 0 Å². The molecule has 0 saturated carbocycles. The van der Waals surface area contributed by atoms with Gasteiger partial charge >= 0.3 is 0 Å². The Kier molecular flexibility index (Phi) is 3.67. The van der Waals surface area contributed by atoms with Crippen molar-refractivity contribution < 1.29 is 9.53 Å². The molecule has 5 rings (SSSR count). The van der Waals surface area contributed by atoms with E-state index in [4.69, 9.17) is 4.74 Å². The van der Waals surface area contributed by atoms with Gasteiger partial charge in [0.2, 0.25) is 5.91 Å². The summed E-state index contributed by atoms with van der Waals surface area (Å²) in [4.78, 5) is 30.6. The van der Waals surface area contributed by atoms with E-state index < -0.39 is 0 Å². The van der Waals surface area contributed by atoms with Gasteiger partial charge in [-0.1, -0.05) is 0 Å². The highest BCUT2D eigenvalue weighted by molar-refractivity contribution is 6.01. The molecule has 1 amide bonds. The van der Waals surface area contributed by atoms with Crippen LogP contribution in [-0.4, -0.2) is 45.6 Å². The molecule has 3 aromatic heterocycles. The van der Waals surface area contributed by atoms with E-state index >= 15 is 0 Å². The molecule has 1 fully saturated rings. The van der Waals surface area contributed by atoms with Crippen molar-refractivity contribution in [2.45, 2.75) is 19.3 Å². The van der Waals surface area contributed by atoms with Crippen molar-refractivity contribution in [2.24, 2.45) is 5.92 Å². The van der Waals surface area contributed by atoms with Gasteiger partial charge < -0.3 is 14.6 Å². The van der Waals surface area contributed by atoms with Crippen molar-refractivity contribution in [3.8, 4) is 11.1 Å². The molecule has 0 radical (unpaired) electrons. The molecular formula is C19H19N5O2. The minimum atomic E-state index is 0.137. The van der Waals surface area contributed by atoms with Crippen molar-refractivity contribution in [2.75, 3.05) is 24.7 Å². The first-order chi connectivity index (χ1) is 12.8. The van der Waals surface area contributed by atoms with Crippen LogP contribution < -0.4 is 4.90 Å². The summed E-state index contributed by atoms with van der Waals surface area (Å²) in [5.41, 5.74) is 5.30. The van der Waals surface area contributed by atoms with Crippen molar-refractivity contribution in [1.82, 2.24) is 19.9 Å². The maximum absolute atomic E-state index is 12.5. The summed E-state index contributed by atoms with van der Waals surface area (Å²) in [5, 5.41) is 0. The van der Waals surface area contributed by atoms with Crippen LogP contribution in [0.1, 0.15) is 18.5 Å². The predicted octanol–water partition coefficient (Wildman–Crippen LogP) is 2.34. The molecule has 7 heteroatoms. The summed E-state index contributed by atoms with van der Waals surface area (Å²) < 4.78 is 5.44. The molecule has 2 aliphatic rings. The fourth-order valence-corrected chi connectivity index (χ4v) is 3.76. The van der Waals surface area contributed by atoms with Gasteiger partial charge in [-0.15, -0.1) is 0 Å². The van der Waals surface area contributed by atoms with Crippen LogP contribution in [0.25, 0.3) is 22.3 Å². The van der Waals surface area contributed by atoms with Gasteiger partial charge in [-0.25, -0.2) is 9.97 Å². The number of imidazole rings is 1. The van der Waals surface area contributed by atoms with Gasteiger partial charge in [0.15, 0.2) is 5.65 Å². The molecule has 3 aromatic rings. The van der Waals surface area contributed by atoms with Crippen LogP contribution in [-0.2, 0) is 16.0 Å². The molecule has 2 aliphatic heterocycles. The average molecular weight is 349 g/mol.